The number of hydrogen-bond acceptors (Lipinski definition) is 2. The van der Waals surface area contributed by atoms with Crippen molar-refractivity contribution in [3.8, 4) is 0 Å². The van der Waals surface area contributed by atoms with E-state index in [1.54, 1.807) is 29.2 Å². The summed E-state index contributed by atoms with van der Waals surface area (Å²) in [5.41, 5.74) is -0.304. The lowest BCUT2D eigenvalue weighted by molar-refractivity contribution is -0.138. The molecule has 1 amide bonds. The van der Waals surface area contributed by atoms with Crippen molar-refractivity contribution >= 4 is 5.91 Å². The van der Waals surface area contributed by atoms with Crippen molar-refractivity contribution in [2.45, 2.75) is 32.0 Å². The number of nitrogens with zero attached hydrogens (tertiary/aromatic N) is 2. The SMILES string of the molecule is O=C(c1cccc(Cn2cc(C(F)(F)F)ccc2=O)c1)N1CCCCC1. The molecule has 2 aromatic rings. The van der Waals surface area contributed by atoms with Gasteiger partial charge in [-0.15, -0.1) is 0 Å². The molecule has 1 aliphatic heterocycles. The monoisotopic (exact) mass is 364 g/mol. The third kappa shape index (κ3) is 4.15. The molecule has 0 radical (unpaired) electrons. The van der Waals surface area contributed by atoms with Crippen molar-refractivity contribution in [3.63, 3.8) is 0 Å². The summed E-state index contributed by atoms with van der Waals surface area (Å²) in [6.07, 6.45) is -0.638. The Morgan fingerprint density at radius 3 is 2.46 bits per heavy atom. The Hall–Kier alpha value is -2.57. The van der Waals surface area contributed by atoms with Gasteiger partial charge in [-0.05, 0) is 43.0 Å². The zero-order chi connectivity index (χ0) is 18.7. The van der Waals surface area contributed by atoms with Gasteiger partial charge in [-0.2, -0.15) is 13.2 Å². The molecule has 0 atom stereocenters. The van der Waals surface area contributed by atoms with E-state index in [0.717, 1.165) is 55.2 Å². The lowest BCUT2D eigenvalue weighted by Crippen LogP contribution is -2.35. The highest BCUT2D eigenvalue weighted by Gasteiger charge is 2.31. The number of hydrogen-bond donors (Lipinski definition) is 0. The van der Waals surface area contributed by atoms with E-state index in [0.29, 0.717) is 11.1 Å². The van der Waals surface area contributed by atoms with Crippen LogP contribution in [0.25, 0.3) is 0 Å². The summed E-state index contributed by atoms with van der Waals surface area (Å²) >= 11 is 0. The summed E-state index contributed by atoms with van der Waals surface area (Å²) in [6.45, 7) is 1.41. The van der Waals surface area contributed by atoms with E-state index in [2.05, 4.69) is 0 Å². The molecular formula is C19H19F3N2O2. The van der Waals surface area contributed by atoms with Crippen LogP contribution in [0.15, 0.2) is 47.4 Å². The number of piperidine rings is 1. The molecule has 0 N–H and O–H groups in total. The molecule has 0 aliphatic carbocycles. The average molecular weight is 364 g/mol. The molecule has 7 heteroatoms. The Balaban J connectivity index is 1.83. The molecule has 0 bridgehead atoms. The van der Waals surface area contributed by atoms with Crippen molar-refractivity contribution in [2.24, 2.45) is 0 Å². The summed E-state index contributed by atoms with van der Waals surface area (Å²) in [4.78, 5) is 26.2. The topological polar surface area (TPSA) is 42.3 Å². The molecule has 4 nitrogen and oxygen atoms in total. The maximum absolute atomic E-state index is 12.8. The Morgan fingerprint density at radius 2 is 1.77 bits per heavy atom. The van der Waals surface area contributed by atoms with Crippen molar-refractivity contribution in [3.05, 3.63) is 69.6 Å². The van der Waals surface area contributed by atoms with E-state index in [1.165, 1.54) is 0 Å². The maximum Gasteiger partial charge on any atom is 0.417 e. The fraction of sp³-hybridized carbons (Fsp3) is 0.368. The summed E-state index contributed by atoms with van der Waals surface area (Å²) in [6, 6.07) is 8.39. The Kier molecular flexibility index (Phi) is 5.15. The number of rotatable bonds is 3. The van der Waals surface area contributed by atoms with Crippen LogP contribution in [0.3, 0.4) is 0 Å². The molecule has 1 aromatic carbocycles. The number of aromatic nitrogens is 1. The first-order chi connectivity index (χ1) is 12.3. The van der Waals surface area contributed by atoms with Crippen molar-refractivity contribution in [2.75, 3.05) is 13.1 Å². The molecule has 1 saturated heterocycles. The van der Waals surface area contributed by atoms with Crippen LogP contribution < -0.4 is 5.56 Å². The molecule has 26 heavy (non-hydrogen) atoms. The van der Waals surface area contributed by atoms with Crippen LogP contribution in [0, 0.1) is 0 Å². The van der Waals surface area contributed by atoms with Gasteiger partial charge in [-0.1, -0.05) is 12.1 Å². The van der Waals surface area contributed by atoms with Gasteiger partial charge in [-0.25, -0.2) is 0 Å². The summed E-state index contributed by atoms with van der Waals surface area (Å²) < 4.78 is 39.6. The van der Waals surface area contributed by atoms with Gasteiger partial charge in [0, 0.05) is 30.9 Å². The molecule has 1 aliphatic rings. The van der Waals surface area contributed by atoms with Gasteiger partial charge >= 0.3 is 6.18 Å². The van der Waals surface area contributed by atoms with E-state index < -0.39 is 17.3 Å². The molecule has 0 unspecified atom stereocenters. The highest BCUT2D eigenvalue weighted by atomic mass is 19.4. The number of likely N-dealkylation sites (tertiary alicyclic amines) is 1. The number of alkyl halides is 3. The second-order valence-electron chi connectivity index (χ2n) is 6.43. The van der Waals surface area contributed by atoms with Crippen LogP contribution in [0.1, 0.15) is 40.7 Å². The molecule has 0 spiro atoms. The number of halogens is 3. The van der Waals surface area contributed by atoms with Crippen molar-refractivity contribution < 1.29 is 18.0 Å². The smallest absolute Gasteiger partial charge is 0.339 e. The standard InChI is InChI=1S/C19H19F3N2O2/c20-19(21,22)16-7-8-17(25)24(13-16)12-14-5-4-6-15(11-14)18(26)23-9-2-1-3-10-23/h4-8,11,13H,1-3,9-10,12H2. The second-order valence-corrected chi connectivity index (χ2v) is 6.43. The Morgan fingerprint density at radius 1 is 1.04 bits per heavy atom. The first-order valence-corrected chi connectivity index (χ1v) is 8.50. The fourth-order valence-electron chi connectivity index (χ4n) is 3.10. The van der Waals surface area contributed by atoms with Crippen LogP contribution in [0.2, 0.25) is 0 Å². The zero-order valence-corrected chi connectivity index (χ0v) is 14.1. The minimum absolute atomic E-state index is 0.0239. The predicted octanol–water partition coefficient (Wildman–Crippen LogP) is 3.54. The molecule has 1 fully saturated rings. The highest BCUT2D eigenvalue weighted by Crippen LogP contribution is 2.28. The van der Waals surface area contributed by atoms with Gasteiger partial charge in [0.2, 0.25) is 0 Å². The zero-order valence-electron chi connectivity index (χ0n) is 14.1. The third-order valence-corrected chi connectivity index (χ3v) is 4.48. The number of carbonyl (C=O) groups is 1. The lowest BCUT2D eigenvalue weighted by Gasteiger charge is -2.26. The van der Waals surface area contributed by atoms with Crippen LogP contribution in [-0.4, -0.2) is 28.5 Å². The molecule has 3 rings (SSSR count). The minimum atomic E-state index is -4.51. The van der Waals surface area contributed by atoms with Gasteiger partial charge in [0.15, 0.2) is 0 Å². The molecule has 0 saturated carbocycles. The van der Waals surface area contributed by atoms with E-state index in [9.17, 15) is 22.8 Å². The third-order valence-electron chi connectivity index (χ3n) is 4.48. The van der Waals surface area contributed by atoms with E-state index in [1.807, 2.05) is 0 Å². The van der Waals surface area contributed by atoms with Crippen molar-refractivity contribution in [1.82, 2.24) is 9.47 Å². The number of benzene rings is 1. The van der Waals surface area contributed by atoms with Gasteiger partial charge in [0.05, 0.1) is 12.1 Å². The maximum atomic E-state index is 12.8. The van der Waals surface area contributed by atoms with Crippen LogP contribution in [0.4, 0.5) is 13.2 Å². The van der Waals surface area contributed by atoms with Gasteiger partial charge in [-0.3, -0.25) is 9.59 Å². The number of amides is 1. The molecule has 2 heterocycles. The van der Waals surface area contributed by atoms with Gasteiger partial charge < -0.3 is 9.47 Å². The first-order valence-electron chi connectivity index (χ1n) is 8.50. The normalized spacial score (nSPS) is 15.1. The Bertz CT molecular complexity index is 852. The van der Waals surface area contributed by atoms with E-state index >= 15 is 0 Å². The average Bonchev–Trinajstić information content (AvgIpc) is 2.63. The molecule has 138 valence electrons. The Labute approximate surface area is 148 Å². The van der Waals surface area contributed by atoms with Crippen molar-refractivity contribution in [1.29, 1.82) is 0 Å². The minimum Gasteiger partial charge on any atom is -0.339 e. The summed E-state index contributed by atoms with van der Waals surface area (Å²) in [5, 5.41) is 0. The predicted molar refractivity (Wildman–Crippen MR) is 91.0 cm³/mol. The van der Waals surface area contributed by atoms with Crippen LogP contribution in [0.5, 0.6) is 0 Å². The summed E-state index contributed by atoms with van der Waals surface area (Å²) in [5.74, 6) is -0.0806. The van der Waals surface area contributed by atoms with E-state index in [-0.39, 0.29) is 12.5 Å². The highest BCUT2D eigenvalue weighted by molar-refractivity contribution is 5.94. The molecule has 1 aromatic heterocycles. The summed E-state index contributed by atoms with van der Waals surface area (Å²) in [7, 11) is 0. The van der Waals surface area contributed by atoms with Crippen LogP contribution >= 0.6 is 0 Å². The van der Waals surface area contributed by atoms with Gasteiger partial charge in [0.25, 0.3) is 11.5 Å². The van der Waals surface area contributed by atoms with Crippen LogP contribution in [-0.2, 0) is 12.7 Å². The lowest BCUT2D eigenvalue weighted by atomic mass is 10.1. The van der Waals surface area contributed by atoms with Gasteiger partial charge in [0.1, 0.15) is 0 Å². The quantitative estimate of drug-likeness (QED) is 0.836. The first kappa shape index (κ1) is 18.2. The fourth-order valence-corrected chi connectivity index (χ4v) is 3.10. The second kappa shape index (κ2) is 7.35. The number of carbonyl (C=O) groups excluding carboxylic acids is 1. The number of pyridine rings is 1. The largest absolute Gasteiger partial charge is 0.417 e. The molecular weight excluding hydrogens is 345 g/mol. The van der Waals surface area contributed by atoms with E-state index in [4.69, 9.17) is 0 Å².